The molecule has 1 aliphatic rings. The lowest BCUT2D eigenvalue weighted by molar-refractivity contribution is -0.150. The average Bonchev–Trinajstić information content (AvgIpc) is 2.25. The zero-order valence-electron chi connectivity index (χ0n) is 8.83. The normalized spacial score (nSPS) is 24.9. The first-order valence-corrected chi connectivity index (χ1v) is 5.01. The summed E-state index contributed by atoms with van der Waals surface area (Å²) in [5.74, 6) is -0.589. The predicted octanol–water partition coefficient (Wildman–Crippen LogP) is 0.219. The van der Waals surface area contributed by atoms with Crippen LogP contribution in [0, 0.1) is 0 Å². The summed E-state index contributed by atoms with van der Waals surface area (Å²) in [5.41, 5.74) is 0. The van der Waals surface area contributed by atoms with Gasteiger partial charge in [0.2, 0.25) is 0 Å². The predicted molar refractivity (Wildman–Crippen MR) is 54.9 cm³/mol. The highest BCUT2D eigenvalue weighted by Gasteiger charge is 2.36. The standard InChI is InChI=1S/C10H15NO5/c1-2-5-16-9(13)8-4-3-7(12)6-11(8)10(14)15/h2,7-8,12H,1,3-6H2,(H,14,15)/t7-,8-/m1/s1. The van der Waals surface area contributed by atoms with Gasteiger partial charge in [0.15, 0.2) is 0 Å². The van der Waals surface area contributed by atoms with Gasteiger partial charge in [-0.15, -0.1) is 0 Å². The van der Waals surface area contributed by atoms with E-state index in [1.807, 2.05) is 0 Å². The Morgan fingerprint density at radius 1 is 1.50 bits per heavy atom. The third-order valence-electron chi connectivity index (χ3n) is 2.42. The number of carbonyl (C=O) groups excluding carboxylic acids is 1. The number of carboxylic acid groups (broad SMARTS) is 1. The van der Waals surface area contributed by atoms with Crippen LogP contribution in [-0.4, -0.2) is 52.5 Å². The highest BCUT2D eigenvalue weighted by atomic mass is 16.5. The number of β-amino-alcohol motifs (C(OH)–C–C–N with tert-alkyl or cyclic N) is 1. The maximum absolute atomic E-state index is 11.5. The van der Waals surface area contributed by atoms with Crippen LogP contribution in [0.1, 0.15) is 12.8 Å². The lowest BCUT2D eigenvalue weighted by Crippen LogP contribution is -2.52. The Morgan fingerprint density at radius 2 is 2.19 bits per heavy atom. The summed E-state index contributed by atoms with van der Waals surface area (Å²) in [7, 11) is 0. The van der Waals surface area contributed by atoms with E-state index < -0.39 is 24.2 Å². The van der Waals surface area contributed by atoms with Gasteiger partial charge in [-0.25, -0.2) is 9.59 Å². The van der Waals surface area contributed by atoms with Gasteiger partial charge < -0.3 is 14.9 Å². The van der Waals surface area contributed by atoms with Crippen molar-refractivity contribution in [1.29, 1.82) is 0 Å². The summed E-state index contributed by atoms with van der Waals surface area (Å²) in [4.78, 5) is 23.3. The minimum atomic E-state index is -1.22. The van der Waals surface area contributed by atoms with E-state index in [4.69, 9.17) is 9.84 Å². The summed E-state index contributed by atoms with van der Waals surface area (Å²) < 4.78 is 4.80. The topological polar surface area (TPSA) is 87.1 Å². The number of likely N-dealkylation sites (tertiary alicyclic amines) is 1. The molecule has 1 amide bonds. The molecular formula is C10H15NO5. The number of piperidine rings is 1. The molecule has 0 bridgehead atoms. The van der Waals surface area contributed by atoms with E-state index in [2.05, 4.69) is 6.58 Å². The fraction of sp³-hybridized carbons (Fsp3) is 0.600. The molecule has 1 heterocycles. The number of aliphatic hydroxyl groups excluding tert-OH is 1. The molecule has 0 aromatic carbocycles. The molecule has 0 saturated carbocycles. The molecule has 2 atom stereocenters. The summed E-state index contributed by atoms with van der Waals surface area (Å²) in [6.45, 7) is 3.41. The molecule has 2 N–H and O–H groups in total. The molecule has 16 heavy (non-hydrogen) atoms. The first kappa shape index (κ1) is 12.5. The smallest absolute Gasteiger partial charge is 0.408 e. The van der Waals surface area contributed by atoms with Gasteiger partial charge in [-0.2, -0.15) is 0 Å². The second-order valence-electron chi connectivity index (χ2n) is 3.60. The molecular weight excluding hydrogens is 214 g/mol. The van der Waals surface area contributed by atoms with Crippen molar-refractivity contribution in [2.24, 2.45) is 0 Å². The Morgan fingerprint density at radius 3 is 2.75 bits per heavy atom. The van der Waals surface area contributed by atoms with Crippen molar-refractivity contribution in [2.45, 2.75) is 25.0 Å². The number of carbonyl (C=O) groups is 2. The molecule has 0 spiro atoms. The molecule has 0 aromatic heterocycles. The number of esters is 1. The Hall–Kier alpha value is -1.56. The van der Waals surface area contributed by atoms with Crippen LogP contribution in [-0.2, 0) is 9.53 Å². The third-order valence-corrected chi connectivity index (χ3v) is 2.42. The summed E-state index contributed by atoms with van der Waals surface area (Å²) in [5, 5.41) is 18.2. The fourth-order valence-corrected chi connectivity index (χ4v) is 1.65. The van der Waals surface area contributed by atoms with E-state index in [0.717, 1.165) is 4.90 Å². The van der Waals surface area contributed by atoms with Crippen LogP contribution < -0.4 is 0 Å². The lowest BCUT2D eigenvalue weighted by atomic mass is 10.0. The minimum Gasteiger partial charge on any atom is -0.465 e. The van der Waals surface area contributed by atoms with Gasteiger partial charge in [-0.3, -0.25) is 4.90 Å². The molecule has 90 valence electrons. The van der Waals surface area contributed by atoms with Crippen molar-refractivity contribution in [1.82, 2.24) is 4.90 Å². The molecule has 0 radical (unpaired) electrons. The minimum absolute atomic E-state index is 0.0524. The molecule has 6 heteroatoms. The van der Waals surface area contributed by atoms with E-state index in [-0.39, 0.29) is 19.6 Å². The van der Waals surface area contributed by atoms with E-state index in [9.17, 15) is 14.7 Å². The van der Waals surface area contributed by atoms with Crippen LogP contribution in [0.15, 0.2) is 12.7 Å². The number of ether oxygens (including phenoxy) is 1. The van der Waals surface area contributed by atoms with Gasteiger partial charge in [-0.1, -0.05) is 12.7 Å². The highest BCUT2D eigenvalue weighted by Crippen LogP contribution is 2.18. The summed E-state index contributed by atoms with van der Waals surface area (Å²) in [6, 6.07) is -0.819. The monoisotopic (exact) mass is 229 g/mol. The number of rotatable bonds is 3. The van der Waals surface area contributed by atoms with Crippen LogP contribution in [0.2, 0.25) is 0 Å². The zero-order chi connectivity index (χ0) is 12.1. The largest absolute Gasteiger partial charge is 0.465 e. The Bertz CT molecular complexity index is 291. The highest BCUT2D eigenvalue weighted by molar-refractivity contribution is 5.81. The quantitative estimate of drug-likeness (QED) is 0.534. The molecule has 1 saturated heterocycles. The first-order valence-electron chi connectivity index (χ1n) is 5.01. The molecule has 1 fully saturated rings. The van der Waals surface area contributed by atoms with Crippen molar-refractivity contribution in [3.63, 3.8) is 0 Å². The molecule has 1 aliphatic heterocycles. The second-order valence-corrected chi connectivity index (χ2v) is 3.60. The van der Waals surface area contributed by atoms with Crippen LogP contribution in [0.3, 0.4) is 0 Å². The number of hydrogen-bond acceptors (Lipinski definition) is 4. The van der Waals surface area contributed by atoms with Crippen molar-refractivity contribution in [3.8, 4) is 0 Å². The molecule has 6 nitrogen and oxygen atoms in total. The molecule has 0 aliphatic carbocycles. The van der Waals surface area contributed by atoms with Crippen LogP contribution in [0.5, 0.6) is 0 Å². The van der Waals surface area contributed by atoms with Gasteiger partial charge in [0.05, 0.1) is 12.6 Å². The molecule has 1 rings (SSSR count). The van der Waals surface area contributed by atoms with E-state index in [1.54, 1.807) is 0 Å². The van der Waals surface area contributed by atoms with E-state index >= 15 is 0 Å². The zero-order valence-corrected chi connectivity index (χ0v) is 8.83. The third kappa shape index (κ3) is 2.96. The number of hydrogen-bond donors (Lipinski definition) is 2. The van der Waals surface area contributed by atoms with Crippen molar-refractivity contribution in [3.05, 3.63) is 12.7 Å². The molecule has 0 aromatic rings. The number of aliphatic hydroxyl groups is 1. The Labute approximate surface area is 93.1 Å². The van der Waals surface area contributed by atoms with E-state index in [0.29, 0.717) is 6.42 Å². The van der Waals surface area contributed by atoms with Gasteiger partial charge in [-0.05, 0) is 12.8 Å². The van der Waals surface area contributed by atoms with Crippen molar-refractivity contribution >= 4 is 12.1 Å². The second kappa shape index (κ2) is 5.50. The number of amides is 1. The SMILES string of the molecule is C=CCOC(=O)[C@H]1CC[C@@H](O)CN1C(=O)O. The van der Waals surface area contributed by atoms with Crippen molar-refractivity contribution < 1.29 is 24.5 Å². The van der Waals surface area contributed by atoms with Crippen LogP contribution >= 0.6 is 0 Å². The maximum atomic E-state index is 11.5. The van der Waals surface area contributed by atoms with Gasteiger partial charge >= 0.3 is 12.1 Å². The maximum Gasteiger partial charge on any atom is 0.408 e. The van der Waals surface area contributed by atoms with Gasteiger partial charge in [0, 0.05) is 0 Å². The van der Waals surface area contributed by atoms with Crippen LogP contribution in [0.4, 0.5) is 4.79 Å². The summed E-state index contributed by atoms with van der Waals surface area (Å²) >= 11 is 0. The van der Waals surface area contributed by atoms with Gasteiger partial charge in [0.25, 0.3) is 0 Å². The Balaban J connectivity index is 2.64. The van der Waals surface area contributed by atoms with Gasteiger partial charge in [0.1, 0.15) is 12.6 Å². The average molecular weight is 229 g/mol. The van der Waals surface area contributed by atoms with Crippen LogP contribution in [0.25, 0.3) is 0 Å². The lowest BCUT2D eigenvalue weighted by Gasteiger charge is -2.34. The first-order chi connectivity index (χ1) is 7.56. The van der Waals surface area contributed by atoms with E-state index in [1.165, 1.54) is 6.08 Å². The number of nitrogens with zero attached hydrogens (tertiary/aromatic N) is 1. The Kier molecular flexibility index (Phi) is 4.30. The molecule has 0 unspecified atom stereocenters. The summed E-state index contributed by atoms with van der Waals surface area (Å²) in [6.07, 6.45) is 0.167. The fourth-order valence-electron chi connectivity index (χ4n) is 1.65. The van der Waals surface area contributed by atoms with Crippen molar-refractivity contribution in [2.75, 3.05) is 13.2 Å².